The number of para-hydroxylation sites is 1. The van der Waals surface area contributed by atoms with Crippen LogP contribution in [0.15, 0.2) is 63.7 Å². The van der Waals surface area contributed by atoms with Gasteiger partial charge in [0.05, 0.1) is 36.3 Å². The summed E-state index contributed by atoms with van der Waals surface area (Å²) in [7, 11) is 1.60. The second-order valence-electron chi connectivity index (χ2n) is 6.95. The first-order valence-electron chi connectivity index (χ1n) is 9.91. The van der Waals surface area contributed by atoms with E-state index in [4.69, 9.17) is 14.9 Å². The third kappa shape index (κ3) is 4.94. The minimum Gasteiger partial charge on any atom is -0.496 e. The molecule has 0 aliphatic carbocycles. The van der Waals surface area contributed by atoms with Gasteiger partial charge in [-0.1, -0.05) is 23.9 Å². The van der Waals surface area contributed by atoms with E-state index in [0.717, 1.165) is 11.3 Å². The summed E-state index contributed by atoms with van der Waals surface area (Å²) in [5.41, 5.74) is 6.42. The minimum absolute atomic E-state index is 0.281. The Labute approximate surface area is 198 Å². The molecule has 2 amide bonds. The molecule has 0 unspecified atom stereocenters. The molecule has 4 rings (SSSR count). The van der Waals surface area contributed by atoms with E-state index in [9.17, 15) is 9.59 Å². The molecule has 3 N–H and O–H groups in total. The fourth-order valence-corrected chi connectivity index (χ4v) is 4.77. The number of amides is 2. The van der Waals surface area contributed by atoms with Crippen LogP contribution in [0.4, 0.5) is 5.00 Å². The second kappa shape index (κ2) is 9.92. The predicted molar refractivity (Wildman–Crippen MR) is 127 cm³/mol. The maximum Gasteiger partial charge on any atom is 0.251 e. The highest BCUT2D eigenvalue weighted by atomic mass is 32.2. The summed E-state index contributed by atoms with van der Waals surface area (Å²) in [6.45, 7) is 2.13. The molecular weight excluding hydrogens is 462 g/mol. The van der Waals surface area contributed by atoms with Gasteiger partial charge in [0.1, 0.15) is 16.5 Å². The first kappa shape index (κ1) is 22.6. The lowest BCUT2D eigenvalue weighted by molar-refractivity contribution is -0.115. The number of anilines is 1. The molecule has 11 heteroatoms. The molecular formula is C22H21N5O4S2. The number of methoxy groups -OCH3 is 1. The summed E-state index contributed by atoms with van der Waals surface area (Å²) in [4.78, 5) is 24.4. The molecule has 0 radical (unpaired) electrons. The Balaban J connectivity index is 1.61. The van der Waals surface area contributed by atoms with Crippen LogP contribution in [0, 0.1) is 0 Å². The number of nitrogens with one attached hydrogen (secondary N) is 1. The highest BCUT2D eigenvalue weighted by Gasteiger charge is 2.24. The average Bonchev–Trinajstić information content (AvgIpc) is 3.56. The number of primary amides is 1. The summed E-state index contributed by atoms with van der Waals surface area (Å²) in [6, 6.07) is 12.8. The highest BCUT2D eigenvalue weighted by Crippen LogP contribution is 2.33. The van der Waals surface area contributed by atoms with Crippen LogP contribution in [-0.2, 0) is 11.3 Å². The summed E-state index contributed by atoms with van der Waals surface area (Å²) in [5, 5.41) is 13.6. The minimum atomic E-state index is -0.591. The van der Waals surface area contributed by atoms with Crippen LogP contribution in [0.25, 0.3) is 11.4 Å². The largest absolute Gasteiger partial charge is 0.496 e. The number of carbonyl (C=O) groups is 2. The number of hydrogen-bond acceptors (Lipinski definition) is 8. The van der Waals surface area contributed by atoms with Gasteiger partial charge in [-0.05, 0) is 42.6 Å². The number of thioether (sulfide) groups is 1. The molecule has 9 nitrogen and oxygen atoms in total. The Morgan fingerprint density at radius 3 is 2.79 bits per heavy atom. The monoisotopic (exact) mass is 483 g/mol. The van der Waals surface area contributed by atoms with Gasteiger partial charge in [-0.3, -0.25) is 14.2 Å². The van der Waals surface area contributed by atoms with E-state index < -0.39 is 11.2 Å². The molecule has 0 saturated heterocycles. The summed E-state index contributed by atoms with van der Waals surface area (Å²) >= 11 is 2.49. The molecule has 3 heterocycles. The van der Waals surface area contributed by atoms with Crippen LogP contribution in [0.5, 0.6) is 5.75 Å². The van der Waals surface area contributed by atoms with Crippen LogP contribution in [0.2, 0.25) is 0 Å². The van der Waals surface area contributed by atoms with E-state index in [1.54, 1.807) is 31.7 Å². The van der Waals surface area contributed by atoms with Crippen molar-refractivity contribution >= 4 is 39.9 Å². The number of ether oxygens (including phenoxy) is 1. The van der Waals surface area contributed by atoms with Gasteiger partial charge < -0.3 is 20.2 Å². The first-order valence-corrected chi connectivity index (χ1v) is 11.7. The van der Waals surface area contributed by atoms with E-state index in [2.05, 4.69) is 15.5 Å². The van der Waals surface area contributed by atoms with E-state index >= 15 is 0 Å². The first-order chi connectivity index (χ1) is 16.0. The zero-order chi connectivity index (χ0) is 23.4. The Morgan fingerprint density at radius 1 is 1.24 bits per heavy atom. The predicted octanol–water partition coefficient (Wildman–Crippen LogP) is 3.87. The number of furan rings is 1. The van der Waals surface area contributed by atoms with Gasteiger partial charge in [0.15, 0.2) is 11.0 Å². The van der Waals surface area contributed by atoms with Crippen LogP contribution < -0.4 is 15.8 Å². The van der Waals surface area contributed by atoms with Crippen LogP contribution in [0.1, 0.15) is 23.0 Å². The molecule has 0 spiro atoms. The average molecular weight is 484 g/mol. The zero-order valence-corrected chi connectivity index (χ0v) is 19.5. The Morgan fingerprint density at radius 2 is 2.06 bits per heavy atom. The fourth-order valence-electron chi connectivity index (χ4n) is 3.13. The van der Waals surface area contributed by atoms with Crippen molar-refractivity contribution < 1.29 is 18.7 Å². The number of carbonyl (C=O) groups excluding carboxylic acids is 2. The second-order valence-corrected chi connectivity index (χ2v) is 9.17. The molecule has 4 aromatic rings. The van der Waals surface area contributed by atoms with Gasteiger partial charge >= 0.3 is 0 Å². The zero-order valence-electron chi connectivity index (χ0n) is 17.8. The highest BCUT2D eigenvalue weighted by molar-refractivity contribution is 8.00. The smallest absolute Gasteiger partial charge is 0.251 e. The van der Waals surface area contributed by atoms with Crippen molar-refractivity contribution in [3.05, 3.63) is 65.4 Å². The van der Waals surface area contributed by atoms with Gasteiger partial charge in [0, 0.05) is 0 Å². The number of nitrogens with zero attached hydrogens (tertiary/aromatic N) is 3. The SMILES string of the molecule is COc1ccccc1-c1nnc(S[C@@H](C)C(=O)Nc2sccc2C(N)=O)n1Cc1ccco1. The number of benzene rings is 1. The Bertz CT molecular complexity index is 1270. The lowest BCUT2D eigenvalue weighted by Crippen LogP contribution is -2.24. The lowest BCUT2D eigenvalue weighted by Gasteiger charge is -2.14. The number of aromatic nitrogens is 3. The molecule has 0 saturated carbocycles. The quantitative estimate of drug-likeness (QED) is 0.346. The standard InChI is InChI=1S/C22H21N5O4S2/c1-13(20(29)24-21-16(18(23)28)9-11-32-21)33-22-26-25-19(15-7-3-4-8-17(15)30-2)27(22)12-14-6-5-10-31-14/h3-11,13H,12H2,1-2H3,(H2,23,28)(H,24,29)/t13-/m0/s1. The van der Waals surface area contributed by atoms with E-state index in [-0.39, 0.29) is 11.5 Å². The van der Waals surface area contributed by atoms with Crippen LogP contribution in [0.3, 0.4) is 0 Å². The van der Waals surface area contributed by atoms with Gasteiger partial charge in [-0.15, -0.1) is 21.5 Å². The molecule has 3 aromatic heterocycles. The van der Waals surface area contributed by atoms with Crippen molar-refractivity contribution in [1.82, 2.24) is 14.8 Å². The van der Waals surface area contributed by atoms with E-state index in [1.807, 2.05) is 41.0 Å². The number of thiophene rings is 1. The maximum atomic E-state index is 12.8. The molecule has 1 atom stereocenters. The number of rotatable bonds is 9. The fraction of sp³-hybridized carbons (Fsp3) is 0.182. The Kier molecular flexibility index (Phi) is 6.80. The normalized spacial score (nSPS) is 11.8. The lowest BCUT2D eigenvalue weighted by atomic mass is 10.2. The molecule has 1 aromatic carbocycles. The van der Waals surface area contributed by atoms with Crippen molar-refractivity contribution in [2.24, 2.45) is 5.73 Å². The van der Waals surface area contributed by atoms with Gasteiger partial charge in [0.2, 0.25) is 5.91 Å². The van der Waals surface area contributed by atoms with Crippen molar-refractivity contribution in [3.63, 3.8) is 0 Å². The molecule has 0 bridgehead atoms. The van der Waals surface area contributed by atoms with Crippen molar-refractivity contribution in [1.29, 1.82) is 0 Å². The van der Waals surface area contributed by atoms with Crippen molar-refractivity contribution in [2.45, 2.75) is 23.9 Å². The van der Waals surface area contributed by atoms with Gasteiger partial charge in [-0.2, -0.15) is 0 Å². The number of hydrogen-bond donors (Lipinski definition) is 2. The molecule has 0 fully saturated rings. The van der Waals surface area contributed by atoms with Gasteiger partial charge in [-0.25, -0.2) is 0 Å². The molecule has 170 valence electrons. The molecule has 0 aliphatic heterocycles. The molecule has 0 aliphatic rings. The summed E-state index contributed by atoms with van der Waals surface area (Å²) in [5.74, 6) is 1.09. The third-order valence-electron chi connectivity index (χ3n) is 4.78. The summed E-state index contributed by atoms with van der Waals surface area (Å²) in [6.07, 6.45) is 1.60. The van der Waals surface area contributed by atoms with E-state index in [1.165, 1.54) is 23.1 Å². The van der Waals surface area contributed by atoms with Crippen molar-refractivity contribution in [2.75, 3.05) is 12.4 Å². The maximum absolute atomic E-state index is 12.8. The van der Waals surface area contributed by atoms with E-state index in [0.29, 0.717) is 28.3 Å². The summed E-state index contributed by atoms with van der Waals surface area (Å²) < 4.78 is 12.9. The Hall–Kier alpha value is -3.57. The van der Waals surface area contributed by atoms with Crippen LogP contribution >= 0.6 is 23.1 Å². The number of nitrogens with two attached hydrogens (primary N) is 1. The van der Waals surface area contributed by atoms with Crippen molar-refractivity contribution in [3.8, 4) is 17.1 Å². The molecule has 33 heavy (non-hydrogen) atoms. The van der Waals surface area contributed by atoms with Gasteiger partial charge in [0.25, 0.3) is 5.91 Å². The topological polar surface area (TPSA) is 125 Å². The van der Waals surface area contributed by atoms with Crippen LogP contribution in [-0.4, -0.2) is 38.9 Å². The third-order valence-corrected chi connectivity index (χ3v) is 6.69.